The zero-order valence-corrected chi connectivity index (χ0v) is 7.42. The number of hydrogen-bond donors (Lipinski definition) is 1. The molecule has 0 radical (unpaired) electrons. The highest BCUT2D eigenvalue weighted by Gasteiger charge is 2.39. The minimum absolute atomic E-state index is 0.121. The predicted octanol–water partition coefficient (Wildman–Crippen LogP) is 1.59. The molecule has 2 rings (SSSR count). The van der Waals surface area contributed by atoms with E-state index >= 15 is 0 Å². The molecule has 0 bridgehead atoms. The van der Waals surface area contributed by atoms with Gasteiger partial charge in [-0.3, -0.25) is 0 Å². The smallest absolute Gasteiger partial charge is 0.0622 e. The van der Waals surface area contributed by atoms with Crippen LogP contribution >= 0.6 is 0 Å². The predicted molar refractivity (Wildman–Crippen MR) is 48.1 cm³/mol. The number of H-pyrrole nitrogens is 1. The largest absolute Gasteiger partial charge is 0.379 e. The maximum atomic E-state index is 8.55. The first-order valence-corrected chi connectivity index (χ1v) is 4.45. The Kier molecular flexibility index (Phi) is 2.07. The van der Waals surface area contributed by atoms with Gasteiger partial charge in [-0.25, -0.2) is 0 Å². The van der Waals surface area contributed by atoms with Crippen LogP contribution < -0.4 is 0 Å². The number of aromatic nitrogens is 1. The number of nitrogens with one attached hydrogen (secondary N) is 1. The fourth-order valence-corrected chi connectivity index (χ4v) is 1.75. The number of aromatic amines is 1. The summed E-state index contributed by atoms with van der Waals surface area (Å²) in [7, 11) is 0. The first-order valence-electron chi connectivity index (χ1n) is 4.45. The molecule has 68 valence electrons. The van der Waals surface area contributed by atoms with Crippen LogP contribution in [0.4, 0.5) is 0 Å². The van der Waals surface area contributed by atoms with Crippen LogP contribution in [0.25, 0.3) is 0 Å². The van der Waals surface area contributed by atoms with Crippen LogP contribution in [-0.4, -0.2) is 18.2 Å². The molecule has 3 nitrogen and oxygen atoms in total. The molecule has 1 aliphatic rings. The third-order valence-corrected chi connectivity index (χ3v) is 2.68. The molecule has 0 amide bonds. The standard InChI is InChI=1S/C10H12N2O/c11-4-1-3-10(7-13-8-10)9-2-5-12-6-9/h2,5-6,12H,1,3,7-8H2. The zero-order chi connectivity index (χ0) is 9.15. The van der Waals surface area contributed by atoms with Gasteiger partial charge in [-0.15, -0.1) is 0 Å². The molecular weight excluding hydrogens is 164 g/mol. The van der Waals surface area contributed by atoms with E-state index in [1.54, 1.807) is 0 Å². The van der Waals surface area contributed by atoms with E-state index in [4.69, 9.17) is 10.00 Å². The van der Waals surface area contributed by atoms with Gasteiger partial charge in [-0.2, -0.15) is 5.26 Å². The molecule has 0 saturated carbocycles. The van der Waals surface area contributed by atoms with Crippen molar-refractivity contribution in [2.45, 2.75) is 18.3 Å². The lowest BCUT2D eigenvalue weighted by molar-refractivity contribution is -0.0636. The number of nitriles is 1. The summed E-state index contributed by atoms with van der Waals surface area (Å²) in [5.41, 5.74) is 1.39. The quantitative estimate of drug-likeness (QED) is 0.760. The van der Waals surface area contributed by atoms with E-state index in [1.807, 2.05) is 12.4 Å². The second-order valence-corrected chi connectivity index (χ2v) is 3.53. The molecule has 0 unspecified atom stereocenters. The third-order valence-electron chi connectivity index (χ3n) is 2.68. The van der Waals surface area contributed by atoms with Crippen LogP contribution in [-0.2, 0) is 10.2 Å². The van der Waals surface area contributed by atoms with E-state index in [0.29, 0.717) is 6.42 Å². The van der Waals surface area contributed by atoms with E-state index in [-0.39, 0.29) is 5.41 Å². The van der Waals surface area contributed by atoms with E-state index in [1.165, 1.54) is 5.56 Å². The van der Waals surface area contributed by atoms with Crippen molar-refractivity contribution in [3.63, 3.8) is 0 Å². The lowest BCUT2D eigenvalue weighted by Gasteiger charge is -2.40. The monoisotopic (exact) mass is 176 g/mol. The molecule has 1 aromatic rings. The second-order valence-electron chi connectivity index (χ2n) is 3.53. The number of rotatable bonds is 3. The molecule has 1 N–H and O–H groups in total. The highest BCUT2D eigenvalue weighted by Crippen LogP contribution is 2.36. The maximum Gasteiger partial charge on any atom is 0.0622 e. The van der Waals surface area contributed by atoms with Crippen molar-refractivity contribution in [3.05, 3.63) is 24.0 Å². The highest BCUT2D eigenvalue weighted by atomic mass is 16.5. The molecule has 1 aromatic heterocycles. The van der Waals surface area contributed by atoms with Crippen LogP contribution in [0.15, 0.2) is 18.5 Å². The van der Waals surface area contributed by atoms with E-state index < -0.39 is 0 Å². The fourth-order valence-electron chi connectivity index (χ4n) is 1.75. The Balaban J connectivity index is 2.12. The van der Waals surface area contributed by atoms with Crippen molar-refractivity contribution < 1.29 is 4.74 Å². The minimum atomic E-state index is 0.121. The Labute approximate surface area is 77.3 Å². The van der Waals surface area contributed by atoms with Gasteiger partial charge in [-0.05, 0) is 18.1 Å². The van der Waals surface area contributed by atoms with Crippen molar-refractivity contribution in [2.75, 3.05) is 13.2 Å². The van der Waals surface area contributed by atoms with Gasteiger partial charge in [0.1, 0.15) is 0 Å². The molecule has 3 heteroatoms. The normalized spacial score (nSPS) is 19.0. The molecule has 0 aliphatic carbocycles. The lowest BCUT2D eigenvalue weighted by atomic mass is 9.76. The fraction of sp³-hybridized carbons (Fsp3) is 0.500. The van der Waals surface area contributed by atoms with Crippen molar-refractivity contribution >= 4 is 0 Å². The van der Waals surface area contributed by atoms with Gasteiger partial charge in [0.05, 0.1) is 19.3 Å². The van der Waals surface area contributed by atoms with Crippen molar-refractivity contribution in [1.82, 2.24) is 4.98 Å². The van der Waals surface area contributed by atoms with E-state index in [9.17, 15) is 0 Å². The Bertz CT molecular complexity index is 306. The minimum Gasteiger partial charge on any atom is -0.379 e. The Hall–Kier alpha value is -1.27. The Morgan fingerprint density at radius 1 is 1.62 bits per heavy atom. The van der Waals surface area contributed by atoms with Gasteiger partial charge in [0, 0.05) is 24.2 Å². The van der Waals surface area contributed by atoms with E-state index in [0.717, 1.165) is 19.6 Å². The van der Waals surface area contributed by atoms with Crippen molar-refractivity contribution in [2.24, 2.45) is 0 Å². The van der Waals surface area contributed by atoms with Crippen LogP contribution in [0.5, 0.6) is 0 Å². The summed E-state index contributed by atoms with van der Waals surface area (Å²) in [6.45, 7) is 1.51. The molecular formula is C10H12N2O. The Morgan fingerprint density at radius 2 is 2.46 bits per heavy atom. The summed E-state index contributed by atoms with van der Waals surface area (Å²) in [4.78, 5) is 3.04. The van der Waals surface area contributed by atoms with E-state index in [2.05, 4.69) is 17.1 Å². The number of ether oxygens (including phenoxy) is 1. The second kappa shape index (κ2) is 3.23. The molecule has 1 aliphatic heterocycles. The summed E-state index contributed by atoms with van der Waals surface area (Å²) in [5, 5.41) is 8.55. The first-order chi connectivity index (χ1) is 6.37. The zero-order valence-electron chi connectivity index (χ0n) is 7.42. The van der Waals surface area contributed by atoms with Crippen molar-refractivity contribution in [3.8, 4) is 6.07 Å². The van der Waals surface area contributed by atoms with Gasteiger partial charge in [0.2, 0.25) is 0 Å². The summed E-state index contributed by atoms with van der Waals surface area (Å²) in [6, 6.07) is 4.26. The van der Waals surface area contributed by atoms with Crippen LogP contribution in [0.3, 0.4) is 0 Å². The average Bonchev–Trinajstić information content (AvgIpc) is 2.56. The van der Waals surface area contributed by atoms with Crippen LogP contribution in [0, 0.1) is 11.3 Å². The Morgan fingerprint density at radius 3 is 2.92 bits per heavy atom. The lowest BCUT2D eigenvalue weighted by Crippen LogP contribution is -2.46. The molecule has 1 fully saturated rings. The number of hydrogen-bond acceptors (Lipinski definition) is 2. The van der Waals surface area contributed by atoms with Crippen molar-refractivity contribution in [1.29, 1.82) is 5.26 Å². The molecule has 0 spiro atoms. The number of nitrogens with zero attached hydrogens (tertiary/aromatic N) is 1. The van der Waals surface area contributed by atoms with Gasteiger partial charge >= 0.3 is 0 Å². The van der Waals surface area contributed by atoms with Crippen LogP contribution in [0.1, 0.15) is 18.4 Å². The highest BCUT2D eigenvalue weighted by molar-refractivity contribution is 5.25. The van der Waals surface area contributed by atoms with Gasteiger partial charge < -0.3 is 9.72 Å². The summed E-state index contributed by atoms with van der Waals surface area (Å²) >= 11 is 0. The first kappa shape index (κ1) is 8.33. The molecule has 0 atom stereocenters. The van der Waals surface area contributed by atoms with Gasteiger partial charge in [-0.1, -0.05) is 0 Å². The van der Waals surface area contributed by atoms with Crippen LogP contribution in [0.2, 0.25) is 0 Å². The average molecular weight is 176 g/mol. The van der Waals surface area contributed by atoms with Gasteiger partial charge in [0.15, 0.2) is 0 Å². The molecule has 1 saturated heterocycles. The van der Waals surface area contributed by atoms with Gasteiger partial charge in [0.25, 0.3) is 0 Å². The topological polar surface area (TPSA) is 48.8 Å². The maximum absolute atomic E-state index is 8.55. The SMILES string of the molecule is N#CCCC1(c2cc[nH]c2)COC1. The molecule has 2 heterocycles. The summed E-state index contributed by atoms with van der Waals surface area (Å²) in [6.07, 6.45) is 5.43. The summed E-state index contributed by atoms with van der Waals surface area (Å²) < 4.78 is 5.24. The molecule has 13 heavy (non-hydrogen) atoms. The molecule has 0 aromatic carbocycles. The third kappa shape index (κ3) is 1.34. The summed E-state index contributed by atoms with van der Waals surface area (Å²) in [5.74, 6) is 0.